The van der Waals surface area contributed by atoms with Crippen LogP contribution in [0, 0.1) is 0 Å². The standard InChI is InChI=1S/C9H18N2O4/c1-6(8(12)13)10-4-5-11-7(2)9(14)15-3/h6-7,10-11H,4-5H2,1-3H3,(H,12,13)/t6-,7-/m0/s1. The third kappa shape index (κ3) is 6.03. The van der Waals surface area contributed by atoms with E-state index in [9.17, 15) is 9.59 Å². The quantitative estimate of drug-likeness (QED) is 0.383. The summed E-state index contributed by atoms with van der Waals surface area (Å²) in [6, 6.07) is -0.961. The van der Waals surface area contributed by atoms with Crippen molar-refractivity contribution in [3.8, 4) is 0 Å². The first-order chi connectivity index (χ1) is 6.99. The maximum absolute atomic E-state index is 10.9. The SMILES string of the molecule is COC(=O)[C@H](C)NCCN[C@@H](C)C(=O)O. The molecule has 3 N–H and O–H groups in total. The molecular weight excluding hydrogens is 200 g/mol. The minimum Gasteiger partial charge on any atom is -0.480 e. The summed E-state index contributed by atoms with van der Waals surface area (Å²) in [6.07, 6.45) is 0. The fourth-order valence-corrected chi connectivity index (χ4v) is 0.925. The second-order valence-corrected chi connectivity index (χ2v) is 3.21. The molecular formula is C9H18N2O4. The summed E-state index contributed by atoms with van der Waals surface area (Å²) >= 11 is 0. The highest BCUT2D eigenvalue weighted by Crippen LogP contribution is 1.84. The Morgan fingerprint density at radius 1 is 1.20 bits per heavy atom. The molecule has 0 unspecified atom stereocenters. The zero-order chi connectivity index (χ0) is 11.8. The molecule has 6 nitrogen and oxygen atoms in total. The van der Waals surface area contributed by atoms with Crippen molar-refractivity contribution < 1.29 is 19.4 Å². The highest BCUT2D eigenvalue weighted by Gasteiger charge is 2.12. The lowest BCUT2D eigenvalue weighted by Crippen LogP contribution is -2.42. The maximum Gasteiger partial charge on any atom is 0.322 e. The van der Waals surface area contributed by atoms with Crippen LogP contribution < -0.4 is 10.6 Å². The summed E-state index contributed by atoms with van der Waals surface area (Å²) < 4.78 is 4.51. The molecule has 0 aromatic heterocycles. The van der Waals surface area contributed by atoms with Gasteiger partial charge in [0.2, 0.25) is 0 Å². The van der Waals surface area contributed by atoms with Crippen LogP contribution in [0.25, 0.3) is 0 Å². The zero-order valence-corrected chi connectivity index (χ0v) is 9.24. The largest absolute Gasteiger partial charge is 0.480 e. The van der Waals surface area contributed by atoms with E-state index in [1.165, 1.54) is 7.11 Å². The van der Waals surface area contributed by atoms with Crippen LogP contribution in [0.5, 0.6) is 0 Å². The van der Waals surface area contributed by atoms with E-state index in [-0.39, 0.29) is 12.0 Å². The van der Waals surface area contributed by atoms with Crippen LogP contribution in [-0.4, -0.2) is 49.3 Å². The Bertz CT molecular complexity index is 220. The number of carboxylic acids is 1. The van der Waals surface area contributed by atoms with Crippen molar-refractivity contribution in [1.82, 2.24) is 10.6 Å². The van der Waals surface area contributed by atoms with Crippen LogP contribution in [0.2, 0.25) is 0 Å². The van der Waals surface area contributed by atoms with Gasteiger partial charge in [-0.15, -0.1) is 0 Å². The van der Waals surface area contributed by atoms with Gasteiger partial charge < -0.3 is 20.5 Å². The fourth-order valence-electron chi connectivity index (χ4n) is 0.925. The Balaban J connectivity index is 3.54. The van der Waals surface area contributed by atoms with Crippen LogP contribution in [0.3, 0.4) is 0 Å². The first-order valence-electron chi connectivity index (χ1n) is 4.76. The van der Waals surface area contributed by atoms with E-state index in [1.54, 1.807) is 13.8 Å². The topological polar surface area (TPSA) is 87.7 Å². The zero-order valence-electron chi connectivity index (χ0n) is 9.24. The molecule has 0 aliphatic carbocycles. The number of hydrogen-bond acceptors (Lipinski definition) is 5. The number of carbonyl (C=O) groups excluding carboxylic acids is 1. The van der Waals surface area contributed by atoms with Gasteiger partial charge in [0.15, 0.2) is 0 Å². The van der Waals surface area contributed by atoms with Crippen molar-refractivity contribution in [2.24, 2.45) is 0 Å². The van der Waals surface area contributed by atoms with Gasteiger partial charge in [-0.05, 0) is 13.8 Å². The lowest BCUT2D eigenvalue weighted by molar-refractivity contribution is -0.143. The number of esters is 1. The molecule has 6 heteroatoms. The van der Waals surface area contributed by atoms with Gasteiger partial charge in [-0.1, -0.05) is 0 Å². The number of carbonyl (C=O) groups is 2. The van der Waals surface area contributed by atoms with Crippen molar-refractivity contribution in [2.75, 3.05) is 20.2 Å². The average molecular weight is 218 g/mol. The van der Waals surface area contributed by atoms with Crippen LogP contribution in [-0.2, 0) is 14.3 Å². The number of carboxylic acid groups (broad SMARTS) is 1. The van der Waals surface area contributed by atoms with Crippen molar-refractivity contribution in [3.63, 3.8) is 0 Å². The second kappa shape index (κ2) is 7.19. The molecule has 0 fully saturated rings. The molecule has 0 aromatic carbocycles. The normalized spacial score (nSPS) is 14.3. The molecule has 0 spiro atoms. The molecule has 0 aliphatic rings. The Morgan fingerprint density at radius 2 is 1.67 bits per heavy atom. The van der Waals surface area contributed by atoms with Gasteiger partial charge in [0, 0.05) is 13.1 Å². The van der Waals surface area contributed by atoms with Gasteiger partial charge in [0.25, 0.3) is 0 Å². The number of methoxy groups -OCH3 is 1. The van der Waals surface area contributed by atoms with Gasteiger partial charge in [0.1, 0.15) is 12.1 Å². The van der Waals surface area contributed by atoms with Gasteiger partial charge in [-0.25, -0.2) is 0 Å². The van der Waals surface area contributed by atoms with E-state index < -0.39 is 12.0 Å². The molecule has 0 rings (SSSR count). The van der Waals surface area contributed by atoms with Crippen LogP contribution in [0.4, 0.5) is 0 Å². The molecule has 0 aliphatic heterocycles. The van der Waals surface area contributed by atoms with Crippen LogP contribution >= 0.6 is 0 Å². The Kier molecular flexibility index (Phi) is 6.64. The summed E-state index contributed by atoms with van der Waals surface area (Å²) in [5.74, 6) is -1.22. The molecule has 15 heavy (non-hydrogen) atoms. The summed E-state index contributed by atoms with van der Waals surface area (Å²) in [5, 5.41) is 14.2. The van der Waals surface area contributed by atoms with E-state index >= 15 is 0 Å². The Labute approximate surface area is 89.0 Å². The van der Waals surface area contributed by atoms with E-state index in [0.717, 1.165) is 0 Å². The van der Waals surface area contributed by atoms with Gasteiger partial charge in [-0.3, -0.25) is 9.59 Å². The minimum atomic E-state index is -0.893. The number of ether oxygens (including phenoxy) is 1. The van der Waals surface area contributed by atoms with Crippen molar-refractivity contribution in [2.45, 2.75) is 25.9 Å². The summed E-state index contributed by atoms with van der Waals surface area (Å²) in [6.45, 7) is 4.24. The first kappa shape index (κ1) is 13.9. The lowest BCUT2D eigenvalue weighted by Gasteiger charge is -2.13. The molecule has 0 saturated heterocycles. The van der Waals surface area contributed by atoms with E-state index in [4.69, 9.17) is 5.11 Å². The lowest BCUT2D eigenvalue weighted by atomic mass is 10.3. The monoisotopic (exact) mass is 218 g/mol. The smallest absolute Gasteiger partial charge is 0.322 e. The van der Waals surface area contributed by atoms with E-state index in [1.807, 2.05) is 0 Å². The summed E-state index contributed by atoms with van der Waals surface area (Å²) in [5.41, 5.74) is 0. The Hall–Kier alpha value is -1.14. The Morgan fingerprint density at radius 3 is 2.07 bits per heavy atom. The summed E-state index contributed by atoms with van der Waals surface area (Å²) in [4.78, 5) is 21.4. The molecule has 88 valence electrons. The molecule has 0 saturated carbocycles. The highest BCUT2D eigenvalue weighted by atomic mass is 16.5. The van der Waals surface area contributed by atoms with Crippen LogP contribution in [0.15, 0.2) is 0 Å². The second-order valence-electron chi connectivity index (χ2n) is 3.21. The predicted octanol–water partition coefficient (Wildman–Crippen LogP) is -0.800. The molecule has 2 atom stereocenters. The third-order valence-corrected chi connectivity index (χ3v) is 1.95. The van der Waals surface area contributed by atoms with Crippen molar-refractivity contribution in [1.29, 1.82) is 0 Å². The van der Waals surface area contributed by atoms with Crippen molar-refractivity contribution in [3.05, 3.63) is 0 Å². The van der Waals surface area contributed by atoms with E-state index in [2.05, 4.69) is 15.4 Å². The first-order valence-corrected chi connectivity index (χ1v) is 4.76. The van der Waals surface area contributed by atoms with Gasteiger partial charge in [-0.2, -0.15) is 0 Å². The molecule has 0 heterocycles. The molecule has 0 aromatic rings. The third-order valence-electron chi connectivity index (χ3n) is 1.95. The molecule has 0 radical (unpaired) electrons. The van der Waals surface area contributed by atoms with Crippen molar-refractivity contribution >= 4 is 11.9 Å². The number of nitrogens with one attached hydrogen (secondary N) is 2. The fraction of sp³-hybridized carbons (Fsp3) is 0.778. The minimum absolute atomic E-state index is 0.332. The highest BCUT2D eigenvalue weighted by molar-refractivity contribution is 5.75. The number of hydrogen-bond donors (Lipinski definition) is 3. The predicted molar refractivity (Wildman–Crippen MR) is 54.6 cm³/mol. The van der Waals surface area contributed by atoms with Crippen LogP contribution in [0.1, 0.15) is 13.8 Å². The number of aliphatic carboxylic acids is 1. The van der Waals surface area contributed by atoms with Gasteiger partial charge >= 0.3 is 11.9 Å². The number of rotatable bonds is 7. The molecule has 0 bridgehead atoms. The van der Waals surface area contributed by atoms with E-state index in [0.29, 0.717) is 13.1 Å². The maximum atomic E-state index is 10.9. The summed E-state index contributed by atoms with van der Waals surface area (Å²) in [7, 11) is 1.32. The average Bonchev–Trinajstić information content (AvgIpc) is 2.22. The van der Waals surface area contributed by atoms with Gasteiger partial charge in [0.05, 0.1) is 7.11 Å². The molecule has 0 amide bonds.